The molecule has 212 valence electrons. The normalized spacial score (nSPS) is 13.0. The number of hydrogen-bond acceptors (Lipinski definition) is 5. The minimum absolute atomic E-state index is 0.131. The van der Waals surface area contributed by atoms with Crippen LogP contribution in [0.3, 0.4) is 0 Å². The Morgan fingerprint density at radius 1 is 1.00 bits per heavy atom. The summed E-state index contributed by atoms with van der Waals surface area (Å²) < 4.78 is 14.2. The van der Waals surface area contributed by atoms with E-state index in [2.05, 4.69) is 95.3 Å². The monoisotopic (exact) mass is 557 g/mol. The van der Waals surface area contributed by atoms with Gasteiger partial charge in [0.1, 0.15) is 12.1 Å². The van der Waals surface area contributed by atoms with E-state index in [-0.39, 0.29) is 30.0 Å². The molecule has 0 spiro atoms. The van der Waals surface area contributed by atoms with Crippen molar-refractivity contribution in [2.24, 2.45) is 0 Å². The summed E-state index contributed by atoms with van der Waals surface area (Å²) in [6.07, 6.45) is 0.229. The molecule has 0 unspecified atom stereocenters. The van der Waals surface area contributed by atoms with Crippen LogP contribution < -0.4 is 0 Å². The second-order valence-electron chi connectivity index (χ2n) is 12.2. The molecule has 7 heteroatoms. The van der Waals surface area contributed by atoms with Crippen LogP contribution in [0.5, 0.6) is 0 Å². The van der Waals surface area contributed by atoms with Gasteiger partial charge in [-0.3, -0.25) is 4.79 Å². The Kier molecular flexibility index (Phi) is 8.95. The molecule has 0 N–H and O–H groups in total. The summed E-state index contributed by atoms with van der Waals surface area (Å²) in [5, 5.41) is 8.93. The molecule has 4 rings (SSSR count). The van der Waals surface area contributed by atoms with Crippen LogP contribution >= 0.6 is 0 Å². The number of fused-ring (bicyclic) bond motifs is 1. The first-order chi connectivity index (χ1) is 18.9. The highest BCUT2D eigenvalue weighted by Gasteiger charge is 2.37. The third-order valence-electron chi connectivity index (χ3n) is 8.44. The number of ether oxygens (including phenoxy) is 1. The molecule has 6 nitrogen and oxygen atoms in total. The van der Waals surface area contributed by atoms with Crippen LogP contribution in [-0.4, -0.2) is 29.3 Å². The molecule has 0 radical (unpaired) electrons. The fourth-order valence-corrected chi connectivity index (χ4v) is 5.65. The summed E-state index contributed by atoms with van der Waals surface area (Å²) in [7, 11) is -1.92. The minimum atomic E-state index is -1.92. The van der Waals surface area contributed by atoms with Gasteiger partial charge in [0.25, 0.3) is 0 Å². The van der Waals surface area contributed by atoms with Crippen molar-refractivity contribution in [2.75, 3.05) is 0 Å². The van der Waals surface area contributed by atoms with Gasteiger partial charge in [-0.05, 0) is 78.4 Å². The number of esters is 1. The number of aromatic nitrogens is 3. The standard InChI is InChI=1S/C33H43N3O3Si/c1-9-36-30-18-17-28(24(3)32(30)34-35-36)29(20-31(37)38-21-25-13-11-10-12-14-25)26-16-15-23(2)27(19-26)22-39-40(7,8)33(4,5)6/h10-19,29H,9,20-22H2,1-8H3/t29-/m0/s1. The van der Waals surface area contributed by atoms with Crippen molar-refractivity contribution in [1.82, 2.24) is 15.0 Å². The number of rotatable bonds is 10. The molecule has 3 aromatic carbocycles. The van der Waals surface area contributed by atoms with Crippen molar-refractivity contribution >= 4 is 25.3 Å². The molecule has 1 heterocycles. The number of hydrogen-bond donors (Lipinski definition) is 0. The number of aryl methyl sites for hydroxylation is 3. The first kappa shape index (κ1) is 29.7. The first-order valence-corrected chi connectivity index (χ1v) is 17.1. The molecule has 4 aromatic rings. The molecular weight excluding hydrogens is 514 g/mol. The average Bonchev–Trinajstić information content (AvgIpc) is 3.35. The topological polar surface area (TPSA) is 66.2 Å². The lowest BCUT2D eigenvalue weighted by Crippen LogP contribution is -2.40. The van der Waals surface area contributed by atoms with Crippen molar-refractivity contribution in [3.05, 3.63) is 94.0 Å². The van der Waals surface area contributed by atoms with E-state index in [0.29, 0.717) is 6.61 Å². The van der Waals surface area contributed by atoms with Crippen molar-refractivity contribution in [3.8, 4) is 0 Å². The second-order valence-corrected chi connectivity index (χ2v) is 17.0. The van der Waals surface area contributed by atoms with Crippen LogP contribution in [0, 0.1) is 13.8 Å². The van der Waals surface area contributed by atoms with E-state index in [0.717, 1.165) is 45.4 Å². The van der Waals surface area contributed by atoms with Gasteiger partial charge in [-0.25, -0.2) is 4.68 Å². The third-order valence-corrected chi connectivity index (χ3v) is 12.9. The molecular formula is C33H43N3O3Si. The summed E-state index contributed by atoms with van der Waals surface area (Å²) in [5.41, 5.74) is 8.36. The Labute approximate surface area is 239 Å². The number of benzene rings is 3. The largest absolute Gasteiger partial charge is 0.461 e. The maximum absolute atomic E-state index is 13.2. The van der Waals surface area contributed by atoms with E-state index < -0.39 is 8.32 Å². The van der Waals surface area contributed by atoms with Crippen LogP contribution in [0.25, 0.3) is 11.0 Å². The van der Waals surface area contributed by atoms with Crippen molar-refractivity contribution in [1.29, 1.82) is 0 Å². The van der Waals surface area contributed by atoms with Gasteiger partial charge in [0.2, 0.25) is 0 Å². The summed E-state index contributed by atoms with van der Waals surface area (Å²) >= 11 is 0. The Bertz CT molecular complexity index is 1470. The van der Waals surface area contributed by atoms with E-state index >= 15 is 0 Å². The zero-order chi connectivity index (χ0) is 29.1. The molecule has 1 atom stereocenters. The predicted molar refractivity (Wildman–Crippen MR) is 164 cm³/mol. The van der Waals surface area contributed by atoms with Crippen molar-refractivity contribution in [2.45, 2.75) is 91.8 Å². The lowest BCUT2D eigenvalue weighted by atomic mass is 9.84. The van der Waals surface area contributed by atoms with Gasteiger partial charge in [0.05, 0.1) is 18.5 Å². The van der Waals surface area contributed by atoms with Gasteiger partial charge in [-0.1, -0.05) is 80.6 Å². The maximum atomic E-state index is 13.2. The molecule has 0 bridgehead atoms. The van der Waals surface area contributed by atoms with Crippen LogP contribution in [0.1, 0.15) is 73.4 Å². The lowest BCUT2D eigenvalue weighted by Gasteiger charge is -2.36. The number of carbonyl (C=O) groups is 1. The van der Waals surface area contributed by atoms with Gasteiger partial charge in [0, 0.05) is 12.5 Å². The average molecular weight is 558 g/mol. The smallest absolute Gasteiger partial charge is 0.307 e. The predicted octanol–water partition coefficient (Wildman–Crippen LogP) is 7.86. The fraction of sp³-hybridized carbons (Fsp3) is 0.424. The van der Waals surface area contributed by atoms with E-state index in [1.54, 1.807) is 0 Å². The van der Waals surface area contributed by atoms with Crippen LogP contribution in [-0.2, 0) is 33.7 Å². The number of carbonyl (C=O) groups excluding carboxylic acids is 1. The van der Waals surface area contributed by atoms with Crippen molar-refractivity contribution < 1.29 is 14.0 Å². The Morgan fingerprint density at radius 2 is 1.73 bits per heavy atom. The van der Waals surface area contributed by atoms with Gasteiger partial charge < -0.3 is 9.16 Å². The lowest BCUT2D eigenvalue weighted by molar-refractivity contribution is -0.145. The molecule has 0 aliphatic rings. The zero-order valence-corrected chi connectivity index (χ0v) is 26.2. The fourth-order valence-electron chi connectivity index (χ4n) is 4.70. The van der Waals surface area contributed by atoms with E-state index in [9.17, 15) is 4.79 Å². The Morgan fingerprint density at radius 3 is 2.40 bits per heavy atom. The summed E-state index contributed by atoms with van der Waals surface area (Å²) in [4.78, 5) is 13.2. The zero-order valence-electron chi connectivity index (χ0n) is 25.2. The molecule has 0 saturated carbocycles. The van der Waals surface area contributed by atoms with Gasteiger partial charge in [0.15, 0.2) is 8.32 Å². The minimum Gasteiger partial charge on any atom is -0.461 e. The van der Waals surface area contributed by atoms with Crippen LogP contribution in [0.2, 0.25) is 18.1 Å². The first-order valence-electron chi connectivity index (χ1n) is 14.2. The van der Waals surface area contributed by atoms with Crippen molar-refractivity contribution in [3.63, 3.8) is 0 Å². The highest BCUT2D eigenvalue weighted by molar-refractivity contribution is 6.74. The second kappa shape index (κ2) is 12.1. The molecule has 1 aromatic heterocycles. The maximum Gasteiger partial charge on any atom is 0.307 e. The van der Waals surface area contributed by atoms with Gasteiger partial charge in [-0.2, -0.15) is 0 Å². The highest BCUT2D eigenvalue weighted by Crippen LogP contribution is 2.38. The Hall–Kier alpha value is -3.29. The molecule has 40 heavy (non-hydrogen) atoms. The third kappa shape index (κ3) is 6.53. The highest BCUT2D eigenvalue weighted by atomic mass is 28.4. The quantitative estimate of drug-likeness (QED) is 0.147. The molecule has 0 aliphatic carbocycles. The number of nitrogens with zero attached hydrogens (tertiary/aromatic N) is 3. The van der Waals surface area contributed by atoms with Crippen LogP contribution in [0.4, 0.5) is 0 Å². The molecule has 0 fully saturated rings. The molecule has 0 aliphatic heterocycles. The van der Waals surface area contributed by atoms with E-state index in [4.69, 9.17) is 9.16 Å². The SMILES string of the molecule is CCn1nnc2c(C)c([C@@H](CC(=O)OCc3ccccc3)c3ccc(C)c(CO[Si](C)(C)C(C)(C)C)c3)ccc21. The van der Waals surface area contributed by atoms with Gasteiger partial charge >= 0.3 is 5.97 Å². The van der Waals surface area contributed by atoms with E-state index in [1.165, 1.54) is 5.56 Å². The summed E-state index contributed by atoms with van der Waals surface area (Å²) in [6.45, 7) is 19.1. The Balaban J connectivity index is 1.68. The molecule has 0 amide bonds. The van der Waals surface area contributed by atoms with Gasteiger partial charge in [-0.15, -0.1) is 5.10 Å². The summed E-state index contributed by atoms with van der Waals surface area (Å²) in [5.74, 6) is -0.420. The van der Waals surface area contributed by atoms with Crippen LogP contribution in [0.15, 0.2) is 60.7 Å². The van der Waals surface area contributed by atoms with E-state index in [1.807, 2.05) is 35.0 Å². The molecule has 0 saturated heterocycles. The summed E-state index contributed by atoms with van der Waals surface area (Å²) in [6, 6.07) is 20.5.